The van der Waals surface area contributed by atoms with Crippen LogP contribution in [0.5, 0.6) is 0 Å². The zero-order valence-corrected chi connectivity index (χ0v) is 14.3. The van der Waals surface area contributed by atoms with Crippen molar-refractivity contribution in [1.82, 2.24) is 0 Å². The maximum absolute atomic E-state index is 11.7. The van der Waals surface area contributed by atoms with Gasteiger partial charge in [-0.2, -0.15) is 0 Å². The van der Waals surface area contributed by atoms with Gasteiger partial charge in [0.1, 0.15) is 16.9 Å². The van der Waals surface area contributed by atoms with Crippen molar-refractivity contribution < 1.29 is 18.7 Å². The number of aliphatic hydroxyl groups excluding tert-OH is 1. The average molecular weight is 330 g/mol. The van der Waals surface area contributed by atoms with Crippen molar-refractivity contribution in [3.05, 3.63) is 45.0 Å². The molecule has 0 unspecified atom stereocenters. The van der Waals surface area contributed by atoms with Gasteiger partial charge < -0.3 is 18.7 Å². The van der Waals surface area contributed by atoms with Crippen molar-refractivity contribution in [2.24, 2.45) is 0 Å². The Kier molecular flexibility index (Phi) is 4.73. The van der Waals surface area contributed by atoms with Crippen LogP contribution in [-0.4, -0.2) is 18.3 Å². The zero-order chi connectivity index (χ0) is 17.3. The summed E-state index contributed by atoms with van der Waals surface area (Å²) in [6.45, 7) is 6.98. The lowest BCUT2D eigenvalue weighted by molar-refractivity contribution is 0.112. The molecule has 2 heterocycles. The number of ether oxygens (including phenoxy) is 1. The van der Waals surface area contributed by atoms with Crippen LogP contribution in [0.1, 0.15) is 35.3 Å². The fourth-order valence-corrected chi connectivity index (χ4v) is 3.02. The van der Waals surface area contributed by atoms with E-state index in [1.54, 1.807) is 0 Å². The third-order valence-corrected chi connectivity index (χ3v) is 4.37. The molecular formula is C19H22O5. The molecule has 0 amide bonds. The Morgan fingerprint density at radius 1 is 1.04 bits per heavy atom. The van der Waals surface area contributed by atoms with Crippen molar-refractivity contribution in [3.8, 4) is 0 Å². The van der Waals surface area contributed by atoms with Crippen LogP contribution in [0, 0.1) is 20.8 Å². The van der Waals surface area contributed by atoms with Crippen molar-refractivity contribution in [1.29, 1.82) is 0 Å². The molecule has 128 valence electrons. The summed E-state index contributed by atoms with van der Waals surface area (Å²) in [5.41, 5.74) is 3.71. The molecule has 0 radical (unpaired) electrons. The SMILES string of the molecule is Cc1oc2c(C)c3oc(=O)cc(C)c3cc2c1COCCCCO. The standard InChI is InChI=1S/C19H22O5/c1-11-8-17(21)24-18-12(2)19-15(9-14(11)18)16(13(3)23-19)10-22-7-5-4-6-20/h8-9,20H,4-7,10H2,1-3H3. The molecule has 5 nitrogen and oxygen atoms in total. The van der Waals surface area contributed by atoms with Gasteiger partial charge in [-0.3, -0.25) is 0 Å². The Labute approximate surface area is 139 Å². The molecule has 0 fully saturated rings. The number of hydrogen-bond acceptors (Lipinski definition) is 5. The lowest BCUT2D eigenvalue weighted by atomic mass is 10.0. The smallest absolute Gasteiger partial charge is 0.336 e. The topological polar surface area (TPSA) is 72.8 Å². The molecule has 1 aromatic carbocycles. The minimum Gasteiger partial charge on any atom is -0.461 e. The molecule has 0 bridgehead atoms. The fourth-order valence-electron chi connectivity index (χ4n) is 3.02. The molecule has 2 aromatic heterocycles. The molecule has 0 saturated carbocycles. The minimum absolute atomic E-state index is 0.187. The summed E-state index contributed by atoms with van der Waals surface area (Å²) in [5.74, 6) is 0.811. The number of aliphatic hydroxyl groups is 1. The molecular weight excluding hydrogens is 308 g/mol. The summed E-state index contributed by atoms with van der Waals surface area (Å²) < 4.78 is 17.0. The van der Waals surface area contributed by atoms with Gasteiger partial charge in [-0.25, -0.2) is 4.79 Å². The highest BCUT2D eigenvalue weighted by atomic mass is 16.5. The van der Waals surface area contributed by atoms with Gasteiger partial charge in [-0.1, -0.05) is 0 Å². The predicted octanol–water partition coefficient (Wildman–Crippen LogP) is 3.75. The largest absolute Gasteiger partial charge is 0.461 e. The predicted molar refractivity (Wildman–Crippen MR) is 92.4 cm³/mol. The Bertz CT molecular complexity index is 932. The third-order valence-electron chi connectivity index (χ3n) is 4.37. The first-order chi connectivity index (χ1) is 11.5. The van der Waals surface area contributed by atoms with Crippen molar-refractivity contribution in [3.63, 3.8) is 0 Å². The van der Waals surface area contributed by atoms with E-state index in [2.05, 4.69) is 0 Å². The van der Waals surface area contributed by atoms with Crippen LogP contribution in [0.2, 0.25) is 0 Å². The molecule has 3 rings (SSSR count). The molecule has 24 heavy (non-hydrogen) atoms. The zero-order valence-electron chi connectivity index (χ0n) is 14.3. The van der Waals surface area contributed by atoms with Gasteiger partial charge in [0.25, 0.3) is 0 Å². The number of aryl methyl sites for hydroxylation is 3. The van der Waals surface area contributed by atoms with Gasteiger partial charge in [0.05, 0.1) is 6.61 Å². The van der Waals surface area contributed by atoms with Crippen LogP contribution in [0.4, 0.5) is 0 Å². The quantitative estimate of drug-likeness (QED) is 0.550. The number of furan rings is 1. The van der Waals surface area contributed by atoms with Gasteiger partial charge in [0, 0.05) is 41.2 Å². The van der Waals surface area contributed by atoms with E-state index in [0.717, 1.165) is 51.6 Å². The van der Waals surface area contributed by atoms with Crippen LogP contribution >= 0.6 is 0 Å². The third kappa shape index (κ3) is 2.97. The summed E-state index contributed by atoms with van der Waals surface area (Å²) >= 11 is 0. The highest BCUT2D eigenvalue weighted by Crippen LogP contribution is 2.34. The number of fused-ring (bicyclic) bond motifs is 2. The van der Waals surface area contributed by atoms with Crippen LogP contribution in [0.25, 0.3) is 21.9 Å². The van der Waals surface area contributed by atoms with E-state index < -0.39 is 0 Å². The summed E-state index contributed by atoms with van der Waals surface area (Å²) in [6.07, 6.45) is 1.57. The first-order valence-corrected chi connectivity index (χ1v) is 8.17. The van der Waals surface area contributed by atoms with E-state index in [4.69, 9.17) is 18.7 Å². The van der Waals surface area contributed by atoms with Gasteiger partial charge >= 0.3 is 5.63 Å². The second kappa shape index (κ2) is 6.79. The normalized spacial score (nSPS) is 11.7. The molecule has 0 aliphatic carbocycles. The maximum atomic E-state index is 11.7. The number of hydrogen-bond donors (Lipinski definition) is 1. The van der Waals surface area contributed by atoms with Crippen LogP contribution < -0.4 is 5.63 Å². The first kappa shape index (κ1) is 16.7. The monoisotopic (exact) mass is 330 g/mol. The Hall–Kier alpha value is -2.11. The van der Waals surface area contributed by atoms with Gasteiger partial charge in [-0.05, 0) is 45.2 Å². The summed E-state index contributed by atoms with van der Waals surface area (Å²) in [6, 6.07) is 3.52. The lowest BCUT2D eigenvalue weighted by Crippen LogP contribution is -2.00. The molecule has 0 aliphatic heterocycles. The van der Waals surface area contributed by atoms with Crippen molar-refractivity contribution >= 4 is 21.9 Å². The van der Waals surface area contributed by atoms with E-state index in [1.807, 2.05) is 26.8 Å². The molecule has 0 saturated heterocycles. The van der Waals surface area contributed by atoms with Crippen LogP contribution in [0.3, 0.4) is 0 Å². The Morgan fingerprint density at radius 3 is 2.54 bits per heavy atom. The fraction of sp³-hybridized carbons (Fsp3) is 0.421. The minimum atomic E-state index is -0.349. The van der Waals surface area contributed by atoms with E-state index in [9.17, 15) is 4.79 Å². The summed E-state index contributed by atoms with van der Waals surface area (Å²) in [4.78, 5) is 11.7. The molecule has 0 aliphatic rings. The molecule has 3 aromatic rings. The molecule has 1 N–H and O–H groups in total. The van der Waals surface area contributed by atoms with E-state index in [0.29, 0.717) is 18.8 Å². The van der Waals surface area contributed by atoms with Gasteiger partial charge in [0.2, 0.25) is 0 Å². The summed E-state index contributed by atoms with van der Waals surface area (Å²) in [5, 5.41) is 10.7. The summed E-state index contributed by atoms with van der Waals surface area (Å²) in [7, 11) is 0. The second-order valence-electron chi connectivity index (χ2n) is 6.12. The molecule has 0 spiro atoms. The highest BCUT2D eigenvalue weighted by molar-refractivity contribution is 5.99. The van der Waals surface area contributed by atoms with E-state index in [1.165, 1.54) is 6.07 Å². The van der Waals surface area contributed by atoms with Crippen molar-refractivity contribution in [2.75, 3.05) is 13.2 Å². The second-order valence-corrected chi connectivity index (χ2v) is 6.12. The number of rotatable bonds is 6. The lowest BCUT2D eigenvalue weighted by Gasteiger charge is -2.06. The van der Waals surface area contributed by atoms with Gasteiger partial charge in [-0.15, -0.1) is 0 Å². The van der Waals surface area contributed by atoms with Crippen LogP contribution in [0.15, 0.2) is 25.8 Å². The molecule has 5 heteroatoms. The maximum Gasteiger partial charge on any atom is 0.336 e. The van der Waals surface area contributed by atoms with E-state index in [-0.39, 0.29) is 12.2 Å². The molecule has 0 atom stereocenters. The number of unbranched alkanes of at least 4 members (excludes halogenated alkanes) is 1. The Balaban J connectivity index is 2.05. The number of benzene rings is 1. The Morgan fingerprint density at radius 2 is 1.79 bits per heavy atom. The average Bonchev–Trinajstić information content (AvgIpc) is 2.85. The van der Waals surface area contributed by atoms with Crippen molar-refractivity contribution in [2.45, 2.75) is 40.2 Å². The van der Waals surface area contributed by atoms with E-state index >= 15 is 0 Å². The first-order valence-electron chi connectivity index (χ1n) is 8.17. The highest BCUT2D eigenvalue weighted by Gasteiger charge is 2.17. The van der Waals surface area contributed by atoms with Crippen LogP contribution in [-0.2, 0) is 11.3 Å². The van der Waals surface area contributed by atoms with Gasteiger partial charge in [0.15, 0.2) is 0 Å².